The normalized spacial score (nSPS) is 15.2. The van der Waals surface area contributed by atoms with Crippen LogP contribution in [0.25, 0.3) is 6.08 Å². The molecule has 29 heavy (non-hydrogen) atoms. The highest BCUT2D eigenvalue weighted by Gasteiger charge is 2.36. The van der Waals surface area contributed by atoms with E-state index in [1.165, 1.54) is 20.3 Å². The Morgan fingerprint density at radius 3 is 2.48 bits per heavy atom. The van der Waals surface area contributed by atoms with E-state index >= 15 is 0 Å². The molecule has 3 rings (SSSR count). The van der Waals surface area contributed by atoms with Gasteiger partial charge in [0.2, 0.25) is 0 Å². The van der Waals surface area contributed by atoms with Crippen LogP contribution in [0.4, 0.5) is 4.79 Å². The number of hydrogen-bond donors (Lipinski definition) is 0. The van der Waals surface area contributed by atoms with Gasteiger partial charge in [0.05, 0.1) is 30.7 Å². The van der Waals surface area contributed by atoms with E-state index in [-0.39, 0.29) is 17.2 Å². The summed E-state index contributed by atoms with van der Waals surface area (Å²) in [5.41, 5.74) is 0.986. The smallest absolute Gasteiger partial charge is 0.293 e. The second-order valence-corrected chi connectivity index (χ2v) is 8.25. The quantitative estimate of drug-likeness (QED) is 0.412. The highest BCUT2D eigenvalue weighted by Crippen LogP contribution is 2.38. The first-order valence-corrected chi connectivity index (χ1v) is 10.3. The molecule has 0 spiro atoms. The molecule has 0 atom stereocenters. The maximum atomic E-state index is 12.7. The predicted molar refractivity (Wildman–Crippen MR) is 116 cm³/mol. The first-order valence-electron chi connectivity index (χ1n) is 8.29. The molecule has 2 aromatic carbocycles. The van der Waals surface area contributed by atoms with Gasteiger partial charge in [0.1, 0.15) is 0 Å². The standard InChI is InChI=1S/C20H15BrClNO5S/c1-27-16-8-11(7-14(22)18(16)28-2)9-17-19(25)23(20(26)29-17)10-15(24)12-3-5-13(21)6-4-12/h3-9H,10H2,1-2H3/b17-9-. The monoisotopic (exact) mass is 495 g/mol. The molecule has 2 amide bonds. The van der Waals surface area contributed by atoms with Gasteiger partial charge < -0.3 is 9.47 Å². The minimum atomic E-state index is -0.531. The summed E-state index contributed by atoms with van der Waals surface area (Å²) in [6.45, 7) is -0.323. The second kappa shape index (κ2) is 9.02. The van der Waals surface area contributed by atoms with E-state index in [2.05, 4.69) is 15.9 Å². The average molecular weight is 497 g/mol. The summed E-state index contributed by atoms with van der Waals surface area (Å²) in [4.78, 5) is 38.5. The lowest BCUT2D eigenvalue weighted by atomic mass is 10.1. The van der Waals surface area contributed by atoms with Crippen molar-refractivity contribution in [1.82, 2.24) is 4.90 Å². The van der Waals surface area contributed by atoms with Crippen LogP contribution in [-0.4, -0.2) is 42.6 Å². The number of ether oxygens (including phenoxy) is 2. The Bertz CT molecular complexity index is 1020. The molecule has 0 saturated carbocycles. The Balaban J connectivity index is 1.82. The van der Waals surface area contributed by atoms with Gasteiger partial charge in [0, 0.05) is 10.0 Å². The molecule has 0 aliphatic carbocycles. The van der Waals surface area contributed by atoms with E-state index in [0.717, 1.165) is 21.1 Å². The Labute approximate surface area is 184 Å². The van der Waals surface area contributed by atoms with Gasteiger partial charge in [-0.15, -0.1) is 0 Å². The van der Waals surface area contributed by atoms with Crippen molar-refractivity contribution in [2.75, 3.05) is 20.8 Å². The Kier molecular flexibility index (Phi) is 6.66. The summed E-state index contributed by atoms with van der Waals surface area (Å²) in [6.07, 6.45) is 1.53. The van der Waals surface area contributed by atoms with Crippen LogP contribution in [0.15, 0.2) is 45.8 Å². The number of carbonyl (C=O) groups excluding carboxylic acids is 3. The SMILES string of the molecule is COc1cc(/C=C2\SC(=O)N(CC(=O)c3ccc(Br)cc3)C2=O)cc(Cl)c1OC. The maximum absolute atomic E-state index is 12.7. The molecule has 0 N–H and O–H groups in total. The zero-order valence-electron chi connectivity index (χ0n) is 15.4. The third-order valence-electron chi connectivity index (χ3n) is 4.10. The zero-order chi connectivity index (χ0) is 21.1. The van der Waals surface area contributed by atoms with E-state index in [4.69, 9.17) is 21.1 Å². The van der Waals surface area contributed by atoms with Gasteiger partial charge >= 0.3 is 0 Å². The zero-order valence-corrected chi connectivity index (χ0v) is 18.6. The van der Waals surface area contributed by atoms with E-state index < -0.39 is 11.1 Å². The summed E-state index contributed by atoms with van der Waals surface area (Å²) < 4.78 is 11.3. The largest absolute Gasteiger partial charge is 0.493 e. The van der Waals surface area contributed by atoms with Gasteiger partial charge in [-0.25, -0.2) is 0 Å². The number of thioether (sulfide) groups is 1. The fourth-order valence-electron chi connectivity index (χ4n) is 2.68. The average Bonchev–Trinajstić information content (AvgIpc) is 2.95. The molecule has 1 fully saturated rings. The third kappa shape index (κ3) is 4.66. The van der Waals surface area contributed by atoms with Gasteiger partial charge in [-0.1, -0.05) is 39.7 Å². The van der Waals surface area contributed by atoms with Crippen LogP contribution < -0.4 is 9.47 Å². The fourth-order valence-corrected chi connectivity index (χ4v) is 4.08. The number of rotatable bonds is 6. The minimum absolute atomic E-state index is 0.196. The van der Waals surface area contributed by atoms with Crippen molar-refractivity contribution in [3.63, 3.8) is 0 Å². The molecule has 0 radical (unpaired) electrons. The van der Waals surface area contributed by atoms with Crippen LogP contribution in [0, 0.1) is 0 Å². The number of benzene rings is 2. The fraction of sp³-hybridized carbons (Fsp3) is 0.150. The summed E-state index contributed by atoms with van der Waals surface area (Å²) in [5.74, 6) is -0.0815. The number of methoxy groups -OCH3 is 2. The maximum Gasteiger partial charge on any atom is 0.293 e. The van der Waals surface area contributed by atoms with Crippen molar-refractivity contribution in [2.45, 2.75) is 0 Å². The van der Waals surface area contributed by atoms with Crippen molar-refractivity contribution in [2.24, 2.45) is 0 Å². The van der Waals surface area contributed by atoms with Crippen molar-refractivity contribution in [3.05, 3.63) is 61.9 Å². The van der Waals surface area contributed by atoms with Crippen LogP contribution in [0.2, 0.25) is 5.02 Å². The summed E-state index contributed by atoms with van der Waals surface area (Å²) in [6, 6.07) is 9.96. The van der Waals surface area contributed by atoms with E-state index in [0.29, 0.717) is 27.6 Å². The summed E-state index contributed by atoms with van der Waals surface area (Å²) in [5, 5.41) is -0.193. The van der Waals surface area contributed by atoms with Crippen molar-refractivity contribution >= 4 is 62.3 Å². The molecular weight excluding hydrogens is 482 g/mol. The van der Waals surface area contributed by atoms with Crippen LogP contribution >= 0.6 is 39.3 Å². The van der Waals surface area contributed by atoms with Gasteiger partial charge in [-0.3, -0.25) is 19.3 Å². The minimum Gasteiger partial charge on any atom is -0.493 e. The summed E-state index contributed by atoms with van der Waals surface area (Å²) >= 11 is 10.3. The lowest BCUT2D eigenvalue weighted by molar-refractivity contribution is -0.122. The Hall–Kier alpha value is -2.29. The number of Topliss-reactive ketones (excluding diaryl/α,β-unsaturated/α-hetero) is 1. The number of carbonyl (C=O) groups is 3. The van der Waals surface area contributed by atoms with E-state index in [1.807, 2.05) is 0 Å². The number of imide groups is 1. The molecular formula is C20H15BrClNO5S. The van der Waals surface area contributed by atoms with Crippen molar-refractivity contribution < 1.29 is 23.9 Å². The number of nitrogens with zero attached hydrogens (tertiary/aromatic N) is 1. The molecule has 150 valence electrons. The second-order valence-electron chi connectivity index (χ2n) is 5.94. The van der Waals surface area contributed by atoms with Crippen molar-refractivity contribution in [3.8, 4) is 11.5 Å². The van der Waals surface area contributed by atoms with E-state index in [9.17, 15) is 14.4 Å². The first-order chi connectivity index (χ1) is 13.8. The molecule has 0 bridgehead atoms. The Morgan fingerprint density at radius 2 is 1.86 bits per heavy atom. The van der Waals surface area contributed by atoms with Crippen LogP contribution in [0.1, 0.15) is 15.9 Å². The van der Waals surface area contributed by atoms with Gasteiger partial charge in [-0.2, -0.15) is 0 Å². The molecule has 6 nitrogen and oxygen atoms in total. The van der Waals surface area contributed by atoms with Crippen LogP contribution in [0.5, 0.6) is 11.5 Å². The summed E-state index contributed by atoms with van der Waals surface area (Å²) in [7, 11) is 2.94. The third-order valence-corrected chi connectivity index (χ3v) is 5.81. The molecule has 0 unspecified atom stereocenters. The van der Waals surface area contributed by atoms with Crippen LogP contribution in [-0.2, 0) is 4.79 Å². The number of hydrogen-bond acceptors (Lipinski definition) is 6. The van der Waals surface area contributed by atoms with Crippen LogP contribution in [0.3, 0.4) is 0 Å². The van der Waals surface area contributed by atoms with Gasteiger partial charge in [0.15, 0.2) is 17.3 Å². The lowest BCUT2D eigenvalue weighted by Crippen LogP contribution is -2.33. The molecule has 1 saturated heterocycles. The number of halogens is 2. The van der Waals surface area contributed by atoms with Crippen molar-refractivity contribution in [1.29, 1.82) is 0 Å². The number of amides is 2. The van der Waals surface area contributed by atoms with Gasteiger partial charge in [0.25, 0.3) is 11.1 Å². The highest BCUT2D eigenvalue weighted by atomic mass is 79.9. The number of ketones is 1. The highest BCUT2D eigenvalue weighted by molar-refractivity contribution is 9.10. The molecule has 1 aliphatic rings. The first kappa shape index (κ1) is 21.4. The van der Waals surface area contributed by atoms with E-state index in [1.54, 1.807) is 36.4 Å². The Morgan fingerprint density at radius 1 is 1.17 bits per heavy atom. The lowest BCUT2D eigenvalue weighted by Gasteiger charge is -2.12. The molecule has 1 aliphatic heterocycles. The topological polar surface area (TPSA) is 72.9 Å². The predicted octanol–water partition coefficient (Wildman–Crippen LogP) is 5.04. The molecule has 0 aromatic heterocycles. The molecule has 9 heteroatoms. The molecule has 2 aromatic rings. The molecule has 1 heterocycles. The van der Waals surface area contributed by atoms with Gasteiger partial charge in [-0.05, 0) is 47.7 Å².